The number of ether oxygens (including phenoxy) is 3. The first-order valence-corrected chi connectivity index (χ1v) is 15.4. The Morgan fingerprint density at radius 3 is 1.36 bits per heavy atom. The summed E-state index contributed by atoms with van der Waals surface area (Å²) in [6.07, 6.45) is 0. The fourth-order valence-electron chi connectivity index (χ4n) is 3.83. The van der Waals surface area contributed by atoms with Crippen LogP contribution >= 0.6 is 31.9 Å². The molecule has 0 saturated carbocycles. The molecule has 3 aromatic rings. The summed E-state index contributed by atoms with van der Waals surface area (Å²) in [5, 5.41) is 8.66. The minimum absolute atomic E-state index is 0.0836. The van der Waals surface area contributed by atoms with Crippen LogP contribution in [0.1, 0.15) is 58.8 Å². The number of aromatic carboxylic acids is 1. The monoisotopic (exact) mass is 844 g/mol. The molecule has 20 heteroatoms. The number of alkyl halides is 6. The third-order valence-electron chi connectivity index (χ3n) is 6.82. The van der Waals surface area contributed by atoms with Crippen molar-refractivity contribution in [1.29, 1.82) is 0 Å². The average Bonchev–Trinajstić information content (AvgIpc) is 3.20. The van der Waals surface area contributed by atoms with Gasteiger partial charge in [-0.25, -0.2) is 4.79 Å². The highest BCUT2D eigenvalue weighted by atomic mass is 79.9. The van der Waals surface area contributed by atoms with Gasteiger partial charge in [-0.15, -0.1) is 0 Å². The number of carboxylic acid groups (broad SMARTS) is 1. The van der Waals surface area contributed by atoms with Crippen LogP contribution in [0.4, 0.5) is 26.3 Å². The maximum atomic E-state index is 12.3. The summed E-state index contributed by atoms with van der Waals surface area (Å²) >= 11 is 6.10. The molecule has 1 heterocycles. The number of carboxylic acids is 1. The number of hydrogen-bond acceptors (Lipinski definition) is 8. The summed E-state index contributed by atoms with van der Waals surface area (Å²) in [6, 6.07) is 11.9. The van der Waals surface area contributed by atoms with Gasteiger partial charge in [-0.05, 0) is 81.7 Å². The molecule has 0 aromatic heterocycles. The maximum Gasteiger partial charge on any atom is 0.494 e. The highest BCUT2D eigenvalue weighted by molar-refractivity contribution is 9.10. The number of carbonyl (C=O) groups is 3. The first-order chi connectivity index (χ1) is 23.0. The predicted octanol–water partition coefficient (Wildman–Crippen LogP) is 6.58. The maximum absolute atomic E-state index is 12.3. The first-order valence-electron chi connectivity index (χ1n) is 13.8. The zero-order valence-corrected chi connectivity index (χ0v) is 29.6. The Morgan fingerprint density at radius 2 is 1.00 bits per heavy atom. The number of rotatable bonds is 10. The molecular formula is C30H29BBr2F6N2O9. The molecule has 1 saturated heterocycles. The number of amides is 2. The lowest BCUT2D eigenvalue weighted by Gasteiger charge is -2.32. The molecule has 0 bridgehead atoms. The van der Waals surface area contributed by atoms with Gasteiger partial charge < -0.3 is 40.1 Å². The normalized spacial score (nSPS) is 14.3. The van der Waals surface area contributed by atoms with Crippen LogP contribution in [0.15, 0.2) is 63.5 Å². The summed E-state index contributed by atoms with van der Waals surface area (Å²) in [7, 11) is -0.719. The topological polar surface area (TPSA) is 170 Å². The van der Waals surface area contributed by atoms with E-state index < -0.39 is 55.9 Å². The van der Waals surface area contributed by atoms with Crippen molar-refractivity contribution in [2.75, 3.05) is 0 Å². The average molecular weight is 846 g/mol. The summed E-state index contributed by atoms with van der Waals surface area (Å²) < 4.78 is 97.3. The first kappa shape index (κ1) is 42.2. The summed E-state index contributed by atoms with van der Waals surface area (Å²) in [5.74, 6) is -3.85. The summed E-state index contributed by atoms with van der Waals surface area (Å²) in [6.45, 7) is -1.51. The number of hydrogen-bond donors (Lipinski definition) is 3. The van der Waals surface area contributed by atoms with Crippen molar-refractivity contribution in [3.63, 3.8) is 0 Å². The van der Waals surface area contributed by atoms with E-state index in [0.717, 1.165) is 0 Å². The van der Waals surface area contributed by atoms with E-state index in [2.05, 4.69) is 46.1 Å². The fourth-order valence-corrected chi connectivity index (χ4v) is 4.55. The van der Waals surface area contributed by atoms with Gasteiger partial charge in [0.2, 0.25) is 0 Å². The van der Waals surface area contributed by atoms with Crippen molar-refractivity contribution in [2.45, 2.75) is 58.7 Å². The van der Waals surface area contributed by atoms with E-state index in [4.69, 9.17) is 25.9 Å². The molecule has 2 amide bonds. The van der Waals surface area contributed by atoms with E-state index in [0.29, 0.717) is 14.4 Å². The van der Waals surface area contributed by atoms with Gasteiger partial charge in [-0.1, -0.05) is 37.9 Å². The fraction of sp³-hybridized carbons (Fsp3) is 0.300. The minimum Gasteiger partial charge on any atom is -0.478 e. The molecule has 11 nitrogen and oxygen atoms in total. The highest BCUT2D eigenvalue weighted by Crippen LogP contribution is 2.37. The Kier molecular flexibility index (Phi) is 15.0. The minimum atomic E-state index is -3.04. The third-order valence-corrected chi connectivity index (χ3v) is 7.81. The largest absolute Gasteiger partial charge is 0.494 e. The molecule has 5 N–H and O–H groups in total. The number of primary amides is 2. The van der Waals surface area contributed by atoms with E-state index in [1.165, 1.54) is 54.6 Å². The summed E-state index contributed by atoms with van der Waals surface area (Å²) in [4.78, 5) is 32.9. The SMILES string of the molecule is CC1(C)OB(c2ccc(OC(F)F)c(C(N)=O)c2)OC1(C)C.NC(=O)c1cc(Br)ccc1OC(F)F.O=C(O)c1cc(Br)ccc1OC(F)F. The molecule has 1 aliphatic heterocycles. The van der Waals surface area contributed by atoms with Crippen molar-refractivity contribution in [3.8, 4) is 17.2 Å². The van der Waals surface area contributed by atoms with E-state index in [9.17, 15) is 40.7 Å². The molecule has 0 aliphatic carbocycles. The van der Waals surface area contributed by atoms with Crippen molar-refractivity contribution < 1.29 is 69.4 Å². The number of halogens is 8. The molecule has 3 aromatic carbocycles. The van der Waals surface area contributed by atoms with Crippen molar-refractivity contribution >= 4 is 62.2 Å². The van der Waals surface area contributed by atoms with Gasteiger partial charge in [-0.3, -0.25) is 9.59 Å². The van der Waals surface area contributed by atoms with Gasteiger partial charge in [0.1, 0.15) is 22.8 Å². The number of benzene rings is 3. The molecule has 272 valence electrons. The van der Waals surface area contributed by atoms with Crippen LogP contribution in [-0.4, -0.2) is 61.0 Å². The molecule has 4 rings (SSSR count). The molecule has 0 unspecified atom stereocenters. The smallest absolute Gasteiger partial charge is 0.478 e. The molecule has 1 fully saturated rings. The quantitative estimate of drug-likeness (QED) is 0.151. The molecule has 0 atom stereocenters. The van der Waals surface area contributed by atoms with Gasteiger partial charge in [0.05, 0.1) is 22.3 Å². The van der Waals surface area contributed by atoms with E-state index in [1.54, 1.807) is 0 Å². The standard InChI is InChI=1S/C14H18BF2NO4.C8H6BrF2NO2.C8H5BrF2O3/c1-13(2)14(3,4)22-15(21-13)8-5-6-10(20-12(16)17)9(7-8)11(18)19;2*9-4-1-2-6(14-8(10)11)5(3-4)7(12)13/h5-7,12H,1-4H3,(H2,18,19);1-3,8H,(H2,12,13);1-3,8H,(H,12,13). The molecule has 1 aliphatic rings. The lowest BCUT2D eigenvalue weighted by molar-refractivity contribution is -0.0510. The lowest BCUT2D eigenvalue weighted by atomic mass is 9.78. The second-order valence-electron chi connectivity index (χ2n) is 10.8. The van der Waals surface area contributed by atoms with Crippen molar-refractivity contribution in [1.82, 2.24) is 0 Å². The van der Waals surface area contributed by atoms with Crippen LogP contribution in [0.25, 0.3) is 0 Å². The van der Waals surface area contributed by atoms with Gasteiger partial charge in [0.25, 0.3) is 11.8 Å². The van der Waals surface area contributed by atoms with Crippen LogP contribution in [-0.2, 0) is 9.31 Å². The van der Waals surface area contributed by atoms with E-state index >= 15 is 0 Å². The highest BCUT2D eigenvalue weighted by Gasteiger charge is 2.51. The van der Waals surface area contributed by atoms with Gasteiger partial charge in [0, 0.05) is 8.95 Å². The van der Waals surface area contributed by atoms with Gasteiger partial charge in [0.15, 0.2) is 0 Å². The Balaban J connectivity index is 0.000000272. The second-order valence-corrected chi connectivity index (χ2v) is 12.6. The Bertz CT molecular complexity index is 1600. The molecular weight excluding hydrogens is 817 g/mol. The Hall–Kier alpha value is -4.01. The number of carbonyl (C=O) groups excluding carboxylic acids is 2. The van der Waals surface area contributed by atoms with Crippen LogP contribution in [0.3, 0.4) is 0 Å². The van der Waals surface area contributed by atoms with Gasteiger partial charge in [-0.2, -0.15) is 26.3 Å². The van der Waals surface area contributed by atoms with E-state index in [1.807, 2.05) is 27.7 Å². The van der Waals surface area contributed by atoms with Crippen molar-refractivity contribution in [3.05, 3.63) is 80.2 Å². The molecule has 0 spiro atoms. The van der Waals surface area contributed by atoms with Crippen molar-refractivity contribution in [2.24, 2.45) is 11.5 Å². The molecule has 0 radical (unpaired) electrons. The van der Waals surface area contributed by atoms with Gasteiger partial charge >= 0.3 is 32.9 Å². The van der Waals surface area contributed by atoms with Crippen LogP contribution in [0, 0.1) is 0 Å². The van der Waals surface area contributed by atoms with E-state index in [-0.39, 0.29) is 33.9 Å². The Morgan fingerprint density at radius 1 is 0.660 bits per heavy atom. The van der Waals surface area contributed by atoms with Crippen LogP contribution in [0.5, 0.6) is 17.2 Å². The van der Waals surface area contributed by atoms with Crippen LogP contribution in [0.2, 0.25) is 0 Å². The third kappa shape index (κ3) is 12.1. The predicted molar refractivity (Wildman–Crippen MR) is 174 cm³/mol. The summed E-state index contributed by atoms with van der Waals surface area (Å²) in [5.41, 5.74) is 9.06. The number of nitrogens with two attached hydrogens (primary N) is 2. The zero-order valence-electron chi connectivity index (χ0n) is 26.4. The zero-order chi connectivity index (χ0) is 38.1. The second kappa shape index (κ2) is 17.8. The Labute approximate surface area is 298 Å². The van der Waals surface area contributed by atoms with Crippen LogP contribution < -0.4 is 31.1 Å². The lowest BCUT2D eigenvalue weighted by Crippen LogP contribution is -2.41. The molecule has 50 heavy (non-hydrogen) atoms.